The molecule has 0 radical (unpaired) electrons. The molecule has 1 aromatic rings. The maximum absolute atomic E-state index is 12.1. The third-order valence-electron chi connectivity index (χ3n) is 3.17. The van der Waals surface area contributed by atoms with Gasteiger partial charge in [-0.25, -0.2) is 9.59 Å². The second-order valence-corrected chi connectivity index (χ2v) is 4.70. The average molecular weight is 278 g/mol. The molecule has 5 heteroatoms. The van der Waals surface area contributed by atoms with E-state index < -0.39 is 5.97 Å². The monoisotopic (exact) mass is 278 g/mol. The zero-order chi connectivity index (χ0) is 15.1. The fourth-order valence-electron chi connectivity index (χ4n) is 1.88. The van der Waals surface area contributed by atoms with Crippen molar-refractivity contribution in [2.24, 2.45) is 0 Å². The van der Waals surface area contributed by atoms with Crippen LogP contribution in [-0.4, -0.2) is 35.1 Å². The van der Waals surface area contributed by atoms with Gasteiger partial charge >= 0.3 is 12.0 Å². The van der Waals surface area contributed by atoms with E-state index in [1.807, 2.05) is 6.92 Å². The van der Waals surface area contributed by atoms with Crippen molar-refractivity contribution in [1.29, 1.82) is 0 Å². The molecule has 0 aromatic heterocycles. The first-order chi connectivity index (χ1) is 9.49. The van der Waals surface area contributed by atoms with Crippen LogP contribution in [0, 0.1) is 6.92 Å². The van der Waals surface area contributed by atoms with E-state index in [0.717, 1.165) is 12.8 Å². The molecular weight excluding hydrogens is 256 g/mol. The number of benzene rings is 1. The summed E-state index contributed by atoms with van der Waals surface area (Å²) in [5.74, 6) is -0.989. The number of rotatable bonds is 6. The molecule has 0 spiro atoms. The smallest absolute Gasteiger partial charge is 0.336 e. The minimum Gasteiger partial charge on any atom is -0.478 e. The Kier molecular flexibility index (Phi) is 6.03. The number of hydrogen-bond donors (Lipinski definition) is 2. The van der Waals surface area contributed by atoms with Crippen molar-refractivity contribution >= 4 is 17.7 Å². The van der Waals surface area contributed by atoms with Gasteiger partial charge in [-0.2, -0.15) is 0 Å². The molecule has 0 heterocycles. The molecular formula is C15H22N2O3. The minimum atomic E-state index is -0.989. The van der Waals surface area contributed by atoms with E-state index in [2.05, 4.69) is 12.2 Å². The van der Waals surface area contributed by atoms with E-state index in [-0.39, 0.29) is 11.6 Å². The van der Waals surface area contributed by atoms with E-state index >= 15 is 0 Å². The van der Waals surface area contributed by atoms with E-state index in [4.69, 9.17) is 5.11 Å². The first-order valence-electron chi connectivity index (χ1n) is 6.89. The summed E-state index contributed by atoms with van der Waals surface area (Å²) in [5, 5.41) is 11.8. The minimum absolute atomic E-state index is 0.193. The Hall–Kier alpha value is -2.04. The lowest BCUT2D eigenvalue weighted by Crippen LogP contribution is -2.35. The van der Waals surface area contributed by atoms with Gasteiger partial charge in [0.25, 0.3) is 0 Å². The van der Waals surface area contributed by atoms with Crippen LogP contribution in [0.5, 0.6) is 0 Å². The van der Waals surface area contributed by atoms with Crippen LogP contribution in [0.1, 0.15) is 42.6 Å². The van der Waals surface area contributed by atoms with E-state index in [1.54, 1.807) is 24.0 Å². The number of carboxylic acid groups (broad SMARTS) is 1. The highest BCUT2D eigenvalue weighted by Gasteiger charge is 2.13. The number of carboxylic acids is 1. The number of nitrogens with one attached hydrogen (secondary N) is 1. The Morgan fingerprint density at radius 1 is 1.30 bits per heavy atom. The lowest BCUT2D eigenvalue weighted by Gasteiger charge is -2.21. The quantitative estimate of drug-likeness (QED) is 0.838. The number of urea groups is 1. The average Bonchev–Trinajstić information content (AvgIpc) is 2.41. The van der Waals surface area contributed by atoms with Gasteiger partial charge in [-0.05, 0) is 38.0 Å². The van der Waals surface area contributed by atoms with Crippen molar-refractivity contribution in [2.75, 3.05) is 18.4 Å². The maximum atomic E-state index is 12.1. The maximum Gasteiger partial charge on any atom is 0.336 e. The normalized spacial score (nSPS) is 10.2. The number of amides is 2. The molecule has 0 aliphatic heterocycles. The molecule has 0 aliphatic rings. The number of carbonyl (C=O) groups excluding carboxylic acids is 1. The predicted molar refractivity (Wildman–Crippen MR) is 79.3 cm³/mol. The van der Waals surface area contributed by atoms with Crippen LogP contribution in [0.25, 0.3) is 0 Å². The summed E-state index contributed by atoms with van der Waals surface area (Å²) in [7, 11) is 0. The van der Waals surface area contributed by atoms with Crippen LogP contribution in [0.3, 0.4) is 0 Å². The summed E-state index contributed by atoms with van der Waals surface area (Å²) in [6.45, 7) is 7.06. The van der Waals surface area contributed by atoms with Gasteiger partial charge in [-0.15, -0.1) is 0 Å². The highest BCUT2D eigenvalue weighted by atomic mass is 16.4. The Morgan fingerprint density at radius 2 is 2.00 bits per heavy atom. The van der Waals surface area contributed by atoms with Crippen molar-refractivity contribution in [3.05, 3.63) is 29.3 Å². The number of hydrogen-bond acceptors (Lipinski definition) is 2. The molecule has 1 rings (SSSR count). The molecule has 0 fully saturated rings. The number of aromatic carboxylic acids is 1. The SMILES string of the molecule is CCCCN(CC)C(=O)Nc1ccc(C)c(C(=O)O)c1. The number of aryl methyl sites for hydroxylation is 1. The van der Waals surface area contributed by atoms with Gasteiger partial charge in [0.2, 0.25) is 0 Å². The van der Waals surface area contributed by atoms with Gasteiger partial charge in [-0.3, -0.25) is 0 Å². The van der Waals surface area contributed by atoms with E-state index in [9.17, 15) is 9.59 Å². The van der Waals surface area contributed by atoms with Crippen LogP contribution in [0.4, 0.5) is 10.5 Å². The van der Waals surface area contributed by atoms with E-state index in [1.165, 1.54) is 6.07 Å². The number of carbonyl (C=O) groups is 2. The van der Waals surface area contributed by atoms with Crippen LogP contribution >= 0.6 is 0 Å². The predicted octanol–water partition coefficient (Wildman–Crippen LogP) is 3.35. The molecule has 0 unspecified atom stereocenters. The van der Waals surface area contributed by atoms with Crippen molar-refractivity contribution in [3.63, 3.8) is 0 Å². The summed E-state index contributed by atoms with van der Waals surface area (Å²) >= 11 is 0. The topological polar surface area (TPSA) is 69.6 Å². The first-order valence-corrected chi connectivity index (χ1v) is 6.89. The molecule has 5 nitrogen and oxygen atoms in total. The number of unbranched alkanes of at least 4 members (excludes halogenated alkanes) is 1. The number of anilines is 1. The fraction of sp³-hybridized carbons (Fsp3) is 0.467. The third-order valence-corrected chi connectivity index (χ3v) is 3.17. The zero-order valence-electron chi connectivity index (χ0n) is 12.3. The molecule has 1 aromatic carbocycles. The van der Waals surface area contributed by atoms with Crippen LogP contribution in [-0.2, 0) is 0 Å². The highest BCUT2D eigenvalue weighted by molar-refractivity contribution is 5.94. The molecule has 2 N–H and O–H groups in total. The Labute approximate surface area is 119 Å². The lowest BCUT2D eigenvalue weighted by atomic mass is 10.1. The summed E-state index contributed by atoms with van der Waals surface area (Å²) in [6, 6.07) is 4.71. The molecule has 2 amide bonds. The number of nitrogens with zero attached hydrogens (tertiary/aromatic N) is 1. The second-order valence-electron chi connectivity index (χ2n) is 4.70. The van der Waals surface area contributed by atoms with Crippen LogP contribution in [0.2, 0.25) is 0 Å². The summed E-state index contributed by atoms with van der Waals surface area (Å²) in [5.41, 5.74) is 1.39. The molecule has 0 bridgehead atoms. The summed E-state index contributed by atoms with van der Waals surface area (Å²) in [6.07, 6.45) is 1.98. The Morgan fingerprint density at radius 3 is 2.55 bits per heavy atom. The highest BCUT2D eigenvalue weighted by Crippen LogP contribution is 2.16. The third kappa shape index (κ3) is 4.26. The summed E-state index contributed by atoms with van der Waals surface area (Å²) in [4.78, 5) is 24.9. The molecule has 0 saturated heterocycles. The standard InChI is InChI=1S/C15H22N2O3/c1-4-6-9-17(5-2)15(20)16-12-8-7-11(3)13(10-12)14(18)19/h7-8,10H,4-6,9H2,1-3H3,(H,16,20)(H,18,19). The molecule has 20 heavy (non-hydrogen) atoms. The Bertz CT molecular complexity index is 486. The molecule has 0 saturated carbocycles. The van der Waals surface area contributed by atoms with Gasteiger partial charge in [0.05, 0.1) is 5.56 Å². The molecule has 110 valence electrons. The second kappa shape index (κ2) is 7.53. The molecule has 0 atom stereocenters. The largest absolute Gasteiger partial charge is 0.478 e. The van der Waals surface area contributed by atoms with Gasteiger partial charge in [0.15, 0.2) is 0 Å². The van der Waals surface area contributed by atoms with Crippen molar-refractivity contribution in [3.8, 4) is 0 Å². The van der Waals surface area contributed by atoms with Gasteiger partial charge in [0.1, 0.15) is 0 Å². The van der Waals surface area contributed by atoms with Crippen molar-refractivity contribution < 1.29 is 14.7 Å². The lowest BCUT2D eigenvalue weighted by molar-refractivity contribution is 0.0696. The Balaban J connectivity index is 2.79. The zero-order valence-corrected chi connectivity index (χ0v) is 12.3. The van der Waals surface area contributed by atoms with Gasteiger partial charge in [-0.1, -0.05) is 19.4 Å². The summed E-state index contributed by atoms with van der Waals surface area (Å²) < 4.78 is 0. The fourth-order valence-corrected chi connectivity index (χ4v) is 1.88. The van der Waals surface area contributed by atoms with Crippen molar-refractivity contribution in [2.45, 2.75) is 33.6 Å². The molecule has 0 aliphatic carbocycles. The van der Waals surface area contributed by atoms with Crippen molar-refractivity contribution in [1.82, 2.24) is 4.90 Å². The van der Waals surface area contributed by atoms with Crippen LogP contribution in [0.15, 0.2) is 18.2 Å². The van der Waals surface area contributed by atoms with Gasteiger partial charge in [0, 0.05) is 18.8 Å². The van der Waals surface area contributed by atoms with Gasteiger partial charge < -0.3 is 15.3 Å². The van der Waals surface area contributed by atoms with E-state index in [0.29, 0.717) is 24.3 Å². The first kappa shape index (κ1) is 16.0. The van der Waals surface area contributed by atoms with Crippen LogP contribution < -0.4 is 5.32 Å².